The van der Waals surface area contributed by atoms with Crippen LogP contribution in [0.2, 0.25) is 0 Å². The number of sulfonamides is 1. The second kappa shape index (κ2) is 5.84. The Labute approximate surface area is 146 Å². The first-order valence-electron chi connectivity index (χ1n) is 9.51. The third-order valence-corrected chi connectivity index (χ3v) is 8.53. The Bertz CT molecular complexity index is 672. The van der Waals surface area contributed by atoms with Crippen LogP contribution in [0.5, 0.6) is 0 Å². The molecule has 0 spiro atoms. The Morgan fingerprint density at radius 2 is 1.54 bits per heavy atom. The van der Waals surface area contributed by atoms with E-state index in [1.165, 1.54) is 44.1 Å². The lowest BCUT2D eigenvalue weighted by atomic mass is 9.48. The van der Waals surface area contributed by atoms with Crippen molar-refractivity contribution in [2.45, 2.75) is 69.7 Å². The Hall–Kier alpha value is -0.870. The molecule has 3 nitrogen and oxygen atoms in total. The van der Waals surface area contributed by atoms with E-state index in [1.54, 1.807) is 12.1 Å². The van der Waals surface area contributed by atoms with Crippen LogP contribution in [-0.4, -0.2) is 14.5 Å². The molecule has 5 rings (SSSR count). The summed E-state index contributed by atoms with van der Waals surface area (Å²) >= 11 is 0. The van der Waals surface area contributed by atoms with Crippen molar-refractivity contribution in [3.63, 3.8) is 0 Å². The van der Waals surface area contributed by atoms with Gasteiger partial charge in [0.05, 0.1) is 4.90 Å². The van der Waals surface area contributed by atoms with Crippen molar-refractivity contribution in [1.82, 2.24) is 4.72 Å². The van der Waals surface area contributed by atoms with Gasteiger partial charge >= 0.3 is 0 Å². The molecule has 4 fully saturated rings. The molecule has 0 radical (unpaired) electrons. The molecule has 0 aromatic heterocycles. The Kier molecular flexibility index (Phi) is 4.04. The highest BCUT2D eigenvalue weighted by molar-refractivity contribution is 7.89. The van der Waals surface area contributed by atoms with Gasteiger partial charge in [0, 0.05) is 6.04 Å². The fourth-order valence-electron chi connectivity index (χ4n) is 6.04. The van der Waals surface area contributed by atoms with Crippen molar-refractivity contribution in [1.29, 1.82) is 0 Å². The molecule has 132 valence electrons. The standard InChI is InChI=1S/C20H29NO2S/c1-3-15-4-6-19(7-5-15)24(22,23)21-14(2)20-11-16-8-17(12-20)10-18(9-16)13-20/h4-7,14,16-18,21H,3,8-13H2,1-2H3. The molecule has 1 aromatic rings. The van der Waals surface area contributed by atoms with Crippen molar-refractivity contribution in [2.75, 3.05) is 0 Å². The molecule has 4 aliphatic carbocycles. The zero-order chi connectivity index (χ0) is 16.9. The second-order valence-electron chi connectivity index (χ2n) is 8.62. The zero-order valence-electron chi connectivity index (χ0n) is 14.8. The minimum Gasteiger partial charge on any atom is -0.208 e. The van der Waals surface area contributed by atoms with Crippen LogP contribution in [0.3, 0.4) is 0 Å². The molecule has 24 heavy (non-hydrogen) atoms. The summed E-state index contributed by atoms with van der Waals surface area (Å²) in [5.74, 6) is 2.52. The number of aryl methyl sites for hydroxylation is 1. The molecule has 0 saturated heterocycles. The fourth-order valence-corrected chi connectivity index (χ4v) is 7.38. The van der Waals surface area contributed by atoms with E-state index >= 15 is 0 Å². The van der Waals surface area contributed by atoms with Gasteiger partial charge in [0.2, 0.25) is 10.0 Å². The number of hydrogen-bond acceptors (Lipinski definition) is 2. The maximum Gasteiger partial charge on any atom is 0.240 e. The van der Waals surface area contributed by atoms with E-state index in [-0.39, 0.29) is 11.5 Å². The van der Waals surface area contributed by atoms with Crippen molar-refractivity contribution < 1.29 is 8.42 Å². The normalized spacial score (nSPS) is 36.0. The Balaban J connectivity index is 1.53. The highest BCUT2D eigenvalue weighted by Gasteiger charge is 2.53. The van der Waals surface area contributed by atoms with Crippen LogP contribution in [-0.2, 0) is 16.4 Å². The lowest BCUT2D eigenvalue weighted by Gasteiger charge is -2.59. The maximum absolute atomic E-state index is 12.8. The van der Waals surface area contributed by atoms with Gasteiger partial charge in [-0.25, -0.2) is 13.1 Å². The van der Waals surface area contributed by atoms with Gasteiger partial charge in [0.1, 0.15) is 0 Å². The molecule has 1 unspecified atom stereocenters. The molecule has 4 aliphatic rings. The smallest absolute Gasteiger partial charge is 0.208 e. The summed E-state index contributed by atoms with van der Waals surface area (Å²) in [6.45, 7) is 4.18. The molecule has 4 heteroatoms. The van der Waals surface area contributed by atoms with Gasteiger partial charge in [0.15, 0.2) is 0 Å². The zero-order valence-corrected chi connectivity index (χ0v) is 15.6. The third kappa shape index (κ3) is 2.82. The number of hydrogen-bond donors (Lipinski definition) is 1. The van der Waals surface area contributed by atoms with Gasteiger partial charge in [0.25, 0.3) is 0 Å². The van der Waals surface area contributed by atoms with Gasteiger partial charge in [-0.15, -0.1) is 0 Å². The van der Waals surface area contributed by atoms with Crippen LogP contribution in [0, 0.1) is 23.2 Å². The lowest BCUT2D eigenvalue weighted by molar-refractivity contribution is -0.0666. The monoisotopic (exact) mass is 347 g/mol. The van der Waals surface area contributed by atoms with Gasteiger partial charge in [-0.2, -0.15) is 0 Å². The predicted molar refractivity (Wildman–Crippen MR) is 96.2 cm³/mol. The summed E-state index contributed by atoms with van der Waals surface area (Å²) in [5, 5.41) is 0. The number of nitrogens with one attached hydrogen (secondary N) is 1. The molecule has 1 N–H and O–H groups in total. The van der Waals surface area contributed by atoms with E-state index in [0.717, 1.165) is 24.2 Å². The molecular weight excluding hydrogens is 318 g/mol. The first kappa shape index (κ1) is 16.6. The van der Waals surface area contributed by atoms with Crippen molar-refractivity contribution >= 4 is 10.0 Å². The second-order valence-corrected chi connectivity index (χ2v) is 10.3. The van der Waals surface area contributed by atoms with Gasteiger partial charge in [-0.1, -0.05) is 19.1 Å². The van der Waals surface area contributed by atoms with E-state index in [9.17, 15) is 8.42 Å². The summed E-state index contributed by atoms with van der Waals surface area (Å²) in [6.07, 6.45) is 8.75. The first-order valence-corrected chi connectivity index (χ1v) is 11.0. The number of benzene rings is 1. The van der Waals surface area contributed by atoms with Crippen LogP contribution < -0.4 is 4.72 Å². The SMILES string of the molecule is CCc1ccc(S(=O)(=O)NC(C)C23CC4CC(CC(C4)C2)C3)cc1. The number of rotatable bonds is 5. The van der Waals surface area contributed by atoms with Gasteiger partial charge < -0.3 is 0 Å². The molecule has 0 heterocycles. The van der Waals surface area contributed by atoms with Crippen LogP contribution >= 0.6 is 0 Å². The largest absolute Gasteiger partial charge is 0.240 e. The topological polar surface area (TPSA) is 46.2 Å². The van der Waals surface area contributed by atoms with Crippen molar-refractivity contribution in [3.8, 4) is 0 Å². The molecule has 4 bridgehead atoms. The van der Waals surface area contributed by atoms with E-state index in [4.69, 9.17) is 0 Å². The average Bonchev–Trinajstić information content (AvgIpc) is 2.53. The first-order chi connectivity index (χ1) is 11.4. The summed E-state index contributed by atoms with van der Waals surface area (Å²) in [6, 6.07) is 7.36. The summed E-state index contributed by atoms with van der Waals surface area (Å²) < 4.78 is 28.7. The quantitative estimate of drug-likeness (QED) is 0.870. The van der Waals surface area contributed by atoms with E-state index in [1.807, 2.05) is 12.1 Å². The minimum absolute atomic E-state index is 0.0294. The summed E-state index contributed by atoms with van der Waals surface area (Å²) in [5.41, 5.74) is 1.37. The van der Waals surface area contributed by atoms with Crippen LogP contribution in [0.4, 0.5) is 0 Å². The summed E-state index contributed by atoms with van der Waals surface area (Å²) in [7, 11) is -3.43. The van der Waals surface area contributed by atoms with Crippen molar-refractivity contribution in [3.05, 3.63) is 29.8 Å². The third-order valence-electron chi connectivity index (χ3n) is 6.98. The molecule has 0 amide bonds. The molecular formula is C20H29NO2S. The van der Waals surface area contributed by atoms with Gasteiger partial charge in [-0.3, -0.25) is 0 Å². The Morgan fingerprint density at radius 3 is 2.00 bits per heavy atom. The van der Waals surface area contributed by atoms with Gasteiger partial charge in [-0.05, 0) is 92.7 Å². The highest BCUT2D eigenvalue weighted by atomic mass is 32.2. The van der Waals surface area contributed by atoms with E-state index in [2.05, 4.69) is 18.6 Å². The van der Waals surface area contributed by atoms with Crippen LogP contribution in [0.1, 0.15) is 57.9 Å². The predicted octanol–water partition coefficient (Wildman–Crippen LogP) is 4.13. The van der Waals surface area contributed by atoms with E-state index in [0.29, 0.717) is 4.90 Å². The van der Waals surface area contributed by atoms with E-state index < -0.39 is 10.0 Å². The van der Waals surface area contributed by atoms with Crippen molar-refractivity contribution in [2.24, 2.45) is 23.2 Å². The summed E-state index contributed by atoms with van der Waals surface area (Å²) in [4.78, 5) is 0.399. The highest BCUT2D eigenvalue weighted by Crippen LogP contribution is 2.61. The maximum atomic E-state index is 12.8. The Morgan fingerprint density at radius 1 is 1.04 bits per heavy atom. The molecule has 1 atom stereocenters. The van der Waals surface area contributed by atoms with Crippen LogP contribution in [0.15, 0.2) is 29.2 Å². The van der Waals surface area contributed by atoms with Crippen LogP contribution in [0.25, 0.3) is 0 Å². The molecule has 1 aromatic carbocycles. The lowest BCUT2D eigenvalue weighted by Crippen LogP contribution is -2.55. The minimum atomic E-state index is -3.43. The fraction of sp³-hybridized carbons (Fsp3) is 0.700. The molecule has 4 saturated carbocycles. The average molecular weight is 348 g/mol. The molecule has 0 aliphatic heterocycles.